The van der Waals surface area contributed by atoms with Crippen molar-refractivity contribution in [2.24, 2.45) is 5.73 Å². The van der Waals surface area contributed by atoms with Crippen LogP contribution in [0.3, 0.4) is 0 Å². The Morgan fingerprint density at radius 3 is 2.61 bits per heavy atom. The minimum Gasteiger partial charge on any atom is -0.451 e. The summed E-state index contributed by atoms with van der Waals surface area (Å²) in [6.45, 7) is 9.16. The SMILES string of the molecule is C=C(CCCCN1CCN(c2ccc3oc(C(N)=O)cc3c2)CC1)c1cc(C#N)ccc1N. The Hall–Kier alpha value is -3.76. The molecular weight excluding hydrogens is 414 g/mol. The molecule has 0 spiro atoms. The van der Waals surface area contributed by atoms with E-state index in [1.807, 2.05) is 18.2 Å². The number of nitrogen functional groups attached to an aromatic ring is 1. The quantitative estimate of drug-likeness (QED) is 0.402. The second-order valence-electron chi connectivity index (χ2n) is 8.50. The molecule has 3 aromatic rings. The van der Waals surface area contributed by atoms with Gasteiger partial charge in [-0.2, -0.15) is 5.26 Å². The molecule has 1 fully saturated rings. The molecule has 0 radical (unpaired) electrons. The van der Waals surface area contributed by atoms with E-state index in [1.165, 1.54) is 0 Å². The van der Waals surface area contributed by atoms with E-state index in [2.05, 4.69) is 28.5 Å². The lowest BCUT2D eigenvalue weighted by atomic mass is 9.98. The second kappa shape index (κ2) is 9.80. The molecule has 1 aliphatic rings. The standard InChI is InChI=1S/C26H29N5O2/c1-18(22-14-19(17-27)5-7-23(22)28)4-2-3-9-30-10-12-31(13-11-30)21-6-8-24-20(15-21)16-25(33-24)26(29)32/h5-8,14-16H,1-4,9-13,28H2,(H2,29,32). The molecule has 170 valence electrons. The van der Waals surface area contributed by atoms with Gasteiger partial charge in [-0.05, 0) is 73.8 Å². The fraction of sp³-hybridized carbons (Fsp3) is 0.308. The number of nitriles is 1. The maximum atomic E-state index is 11.3. The first-order valence-corrected chi connectivity index (χ1v) is 11.2. The Bertz CT molecular complexity index is 1220. The molecule has 2 heterocycles. The average molecular weight is 444 g/mol. The number of anilines is 2. The molecule has 0 aliphatic carbocycles. The van der Waals surface area contributed by atoms with Gasteiger partial charge in [0.05, 0.1) is 11.6 Å². The largest absolute Gasteiger partial charge is 0.451 e. The highest BCUT2D eigenvalue weighted by Crippen LogP contribution is 2.27. The molecule has 1 aromatic heterocycles. The topological polar surface area (TPSA) is 113 Å². The molecular formula is C26H29N5O2. The summed E-state index contributed by atoms with van der Waals surface area (Å²) < 4.78 is 5.48. The summed E-state index contributed by atoms with van der Waals surface area (Å²) in [4.78, 5) is 16.2. The highest BCUT2D eigenvalue weighted by Gasteiger charge is 2.18. The van der Waals surface area contributed by atoms with Crippen LogP contribution in [0.2, 0.25) is 0 Å². The summed E-state index contributed by atoms with van der Waals surface area (Å²) in [5, 5.41) is 10.00. The van der Waals surface area contributed by atoms with E-state index >= 15 is 0 Å². The van der Waals surface area contributed by atoms with Gasteiger partial charge in [-0.25, -0.2) is 0 Å². The Morgan fingerprint density at radius 1 is 1.09 bits per heavy atom. The van der Waals surface area contributed by atoms with Crippen LogP contribution >= 0.6 is 0 Å². The van der Waals surface area contributed by atoms with Crippen LogP contribution in [0.25, 0.3) is 16.5 Å². The third-order valence-corrected chi connectivity index (χ3v) is 6.25. The smallest absolute Gasteiger partial charge is 0.284 e. The minimum absolute atomic E-state index is 0.190. The number of rotatable bonds is 8. The maximum absolute atomic E-state index is 11.3. The number of hydrogen-bond donors (Lipinski definition) is 2. The fourth-order valence-corrected chi connectivity index (χ4v) is 4.32. The van der Waals surface area contributed by atoms with Crippen molar-refractivity contribution in [2.75, 3.05) is 43.4 Å². The average Bonchev–Trinajstić information content (AvgIpc) is 3.26. The van der Waals surface area contributed by atoms with Gasteiger partial charge in [0.2, 0.25) is 0 Å². The number of piperazine rings is 1. The van der Waals surface area contributed by atoms with Crippen LogP contribution in [-0.4, -0.2) is 43.5 Å². The van der Waals surface area contributed by atoms with Crippen molar-refractivity contribution < 1.29 is 9.21 Å². The summed E-state index contributed by atoms with van der Waals surface area (Å²) in [5.41, 5.74) is 16.4. The van der Waals surface area contributed by atoms with Crippen molar-refractivity contribution in [3.8, 4) is 6.07 Å². The Balaban J connectivity index is 1.23. The van der Waals surface area contributed by atoms with Crippen LogP contribution in [0.5, 0.6) is 0 Å². The molecule has 0 unspecified atom stereocenters. The van der Waals surface area contributed by atoms with Gasteiger partial charge in [0.1, 0.15) is 5.58 Å². The van der Waals surface area contributed by atoms with E-state index in [9.17, 15) is 4.79 Å². The monoisotopic (exact) mass is 443 g/mol. The van der Waals surface area contributed by atoms with E-state index in [1.54, 1.807) is 18.2 Å². The highest BCUT2D eigenvalue weighted by molar-refractivity contribution is 5.95. The molecule has 1 amide bonds. The van der Waals surface area contributed by atoms with Gasteiger partial charge in [-0.1, -0.05) is 6.58 Å². The number of amides is 1. The maximum Gasteiger partial charge on any atom is 0.284 e. The molecule has 2 aromatic carbocycles. The Morgan fingerprint density at radius 2 is 1.88 bits per heavy atom. The van der Waals surface area contributed by atoms with Gasteiger partial charge in [-0.15, -0.1) is 0 Å². The fourth-order valence-electron chi connectivity index (χ4n) is 4.32. The molecule has 4 N–H and O–H groups in total. The summed E-state index contributed by atoms with van der Waals surface area (Å²) in [5.74, 6) is -0.362. The Kier molecular flexibility index (Phi) is 6.66. The van der Waals surface area contributed by atoms with Crippen LogP contribution in [0.15, 0.2) is 53.5 Å². The van der Waals surface area contributed by atoms with Crippen molar-refractivity contribution in [3.05, 3.63) is 65.9 Å². The van der Waals surface area contributed by atoms with Gasteiger partial charge >= 0.3 is 0 Å². The van der Waals surface area contributed by atoms with Crippen molar-refractivity contribution in [1.29, 1.82) is 5.26 Å². The van der Waals surface area contributed by atoms with E-state index in [4.69, 9.17) is 21.1 Å². The lowest BCUT2D eigenvalue weighted by molar-refractivity contribution is 0.0976. The van der Waals surface area contributed by atoms with Crippen LogP contribution in [0, 0.1) is 11.3 Å². The van der Waals surface area contributed by atoms with Crippen LogP contribution in [0.1, 0.15) is 40.9 Å². The molecule has 0 atom stereocenters. The number of primary amides is 1. The molecule has 7 nitrogen and oxygen atoms in total. The first kappa shape index (κ1) is 22.4. The number of nitrogens with two attached hydrogens (primary N) is 2. The zero-order valence-electron chi connectivity index (χ0n) is 18.7. The number of fused-ring (bicyclic) bond motifs is 1. The summed E-state index contributed by atoms with van der Waals surface area (Å²) >= 11 is 0. The van der Waals surface area contributed by atoms with Crippen LogP contribution in [-0.2, 0) is 0 Å². The number of carbonyl (C=O) groups is 1. The first-order chi connectivity index (χ1) is 15.9. The number of allylic oxidation sites excluding steroid dienone is 1. The van der Waals surface area contributed by atoms with Crippen molar-refractivity contribution >= 4 is 33.8 Å². The molecule has 1 aliphatic heterocycles. The molecule has 4 rings (SSSR count). The van der Waals surface area contributed by atoms with Crippen molar-refractivity contribution in [3.63, 3.8) is 0 Å². The Labute approximate surface area is 193 Å². The molecule has 33 heavy (non-hydrogen) atoms. The number of furan rings is 1. The zero-order chi connectivity index (χ0) is 23.4. The predicted octanol–water partition coefficient (Wildman–Crippen LogP) is 3.99. The lowest BCUT2D eigenvalue weighted by Gasteiger charge is -2.36. The number of carbonyl (C=O) groups excluding carboxylic acids is 1. The minimum atomic E-state index is -0.552. The normalized spacial score (nSPS) is 14.3. The molecule has 0 bridgehead atoms. The summed E-state index contributed by atoms with van der Waals surface area (Å²) in [6, 6.07) is 15.2. The third kappa shape index (κ3) is 5.18. The van der Waals surface area contributed by atoms with Gasteiger partial charge in [0.25, 0.3) is 5.91 Å². The molecule has 0 saturated carbocycles. The van der Waals surface area contributed by atoms with E-state index in [0.29, 0.717) is 16.8 Å². The summed E-state index contributed by atoms with van der Waals surface area (Å²) in [7, 11) is 0. The molecule has 1 saturated heterocycles. The second-order valence-corrected chi connectivity index (χ2v) is 8.50. The number of unbranched alkanes of at least 4 members (excludes halogenated alkanes) is 1. The first-order valence-electron chi connectivity index (χ1n) is 11.2. The predicted molar refractivity (Wildman–Crippen MR) is 132 cm³/mol. The number of hydrogen-bond acceptors (Lipinski definition) is 6. The van der Waals surface area contributed by atoms with Gasteiger partial charge in [-0.3, -0.25) is 9.69 Å². The van der Waals surface area contributed by atoms with E-state index < -0.39 is 5.91 Å². The van der Waals surface area contributed by atoms with Gasteiger partial charge in [0.15, 0.2) is 5.76 Å². The number of benzene rings is 2. The van der Waals surface area contributed by atoms with E-state index in [0.717, 1.165) is 74.2 Å². The van der Waals surface area contributed by atoms with Crippen molar-refractivity contribution in [2.45, 2.75) is 19.3 Å². The lowest BCUT2D eigenvalue weighted by Crippen LogP contribution is -2.46. The van der Waals surface area contributed by atoms with Gasteiger partial charge in [0, 0.05) is 48.5 Å². The van der Waals surface area contributed by atoms with Crippen molar-refractivity contribution in [1.82, 2.24) is 4.90 Å². The highest BCUT2D eigenvalue weighted by atomic mass is 16.3. The van der Waals surface area contributed by atoms with Gasteiger partial charge < -0.3 is 20.8 Å². The summed E-state index contributed by atoms with van der Waals surface area (Å²) in [6.07, 6.45) is 3.00. The van der Waals surface area contributed by atoms with E-state index in [-0.39, 0.29) is 5.76 Å². The number of nitrogens with zero attached hydrogens (tertiary/aromatic N) is 3. The van der Waals surface area contributed by atoms with Crippen LogP contribution in [0.4, 0.5) is 11.4 Å². The molecule has 7 heteroatoms. The third-order valence-electron chi connectivity index (χ3n) is 6.25. The zero-order valence-corrected chi connectivity index (χ0v) is 18.7. The van der Waals surface area contributed by atoms with Crippen LogP contribution < -0.4 is 16.4 Å².